The van der Waals surface area contributed by atoms with Gasteiger partial charge in [-0.15, -0.1) is 0 Å². The molecule has 0 bridgehead atoms. The monoisotopic (exact) mass is 290 g/mol. The summed E-state index contributed by atoms with van der Waals surface area (Å²) in [5.41, 5.74) is 0.240. The molecule has 0 fully saturated rings. The smallest absolute Gasteiger partial charge is 0.242 e. The molecule has 2 unspecified atom stereocenters. The number of para-hydroxylation sites is 1. The maximum atomic E-state index is 13.7. The van der Waals surface area contributed by atoms with Gasteiger partial charge in [0.15, 0.2) is 0 Å². The minimum absolute atomic E-state index is 0.112. The van der Waals surface area contributed by atoms with Gasteiger partial charge in [-0.05, 0) is 32.4 Å². The zero-order valence-electron chi connectivity index (χ0n) is 12.4. The van der Waals surface area contributed by atoms with Crippen LogP contribution in [0.4, 0.5) is 10.2 Å². The molecule has 0 saturated heterocycles. The third-order valence-electron chi connectivity index (χ3n) is 3.36. The summed E-state index contributed by atoms with van der Waals surface area (Å²) in [5, 5.41) is 6.46. The predicted octanol–water partition coefficient (Wildman–Crippen LogP) is 2.48. The van der Waals surface area contributed by atoms with Gasteiger partial charge in [0.05, 0.1) is 0 Å². The summed E-state index contributed by atoms with van der Waals surface area (Å²) in [7, 11) is 0. The lowest BCUT2D eigenvalue weighted by atomic mass is 10.2. The van der Waals surface area contributed by atoms with E-state index < -0.39 is 11.9 Å². The Balaban J connectivity index is 2.20. The van der Waals surface area contributed by atoms with Gasteiger partial charge in [0.1, 0.15) is 29.5 Å². The van der Waals surface area contributed by atoms with Crippen LogP contribution in [0.2, 0.25) is 0 Å². The molecule has 6 heteroatoms. The third kappa shape index (κ3) is 3.45. The quantitative estimate of drug-likeness (QED) is 0.888. The molecule has 0 aliphatic heterocycles. The molecule has 0 aliphatic rings. The first-order chi connectivity index (χ1) is 10.0. The molecular weight excluding hydrogens is 271 g/mol. The number of carbonyl (C=O) groups excluding carboxylic acids is 1. The SMILES string of the molecule is CCC(C)NC(=O)C(C)Nc1ncnc2c(F)cccc12. The Hall–Kier alpha value is -2.24. The van der Waals surface area contributed by atoms with Crippen LogP contribution in [0.1, 0.15) is 27.2 Å². The normalized spacial score (nSPS) is 13.7. The van der Waals surface area contributed by atoms with E-state index in [-0.39, 0.29) is 17.5 Å². The number of hydrogen-bond donors (Lipinski definition) is 2. The Labute approximate surface area is 123 Å². The molecule has 2 N–H and O–H groups in total. The van der Waals surface area contributed by atoms with Crippen molar-refractivity contribution >= 4 is 22.6 Å². The molecule has 0 saturated carbocycles. The van der Waals surface area contributed by atoms with Crippen LogP contribution in [-0.4, -0.2) is 28.0 Å². The van der Waals surface area contributed by atoms with Gasteiger partial charge in [-0.1, -0.05) is 13.0 Å². The molecular formula is C15H19FN4O. The summed E-state index contributed by atoms with van der Waals surface area (Å²) in [4.78, 5) is 20.1. The van der Waals surface area contributed by atoms with Crippen molar-refractivity contribution in [2.45, 2.75) is 39.3 Å². The molecule has 1 aromatic carbocycles. The first-order valence-electron chi connectivity index (χ1n) is 6.99. The van der Waals surface area contributed by atoms with Gasteiger partial charge in [0.25, 0.3) is 0 Å². The Bertz CT molecular complexity index is 647. The zero-order chi connectivity index (χ0) is 15.4. The van der Waals surface area contributed by atoms with Crippen molar-refractivity contribution in [1.82, 2.24) is 15.3 Å². The van der Waals surface area contributed by atoms with Crippen LogP contribution in [0.15, 0.2) is 24.5 Å². The van der Waals surface area contributed by atoms with E-state index in [9.17, 15) is 9.18 Å². The minimum atomic E-state index is -0.472. The van der Waals surface area contributed by atoms with Gasteiger partial charge in [-0.25, -0.2) is 14.4 Å². The van der Waals surface area contributed by atoms with Crippen molar-refractivity contribution in [1.29, 1.82) is 0 Å². The molecule has 2 rings (SSSR count). The predicted molar refractivity (Wildman–Crippen MR) is 80.5 cm³/mol. The van der Waals surface area contributed by atoms with Crippen LogP contribution < -0.4 is 10.6 Å². The number of benzene rings is 1. The van der Waals surface area contributed by atoms with E-state index in [0.29, 0.717) is 11.2 Å². The second-order valence-corrected chi connectivity index (χ2v) is 5.04. The van der Waals surface area contributed by atoms with Crippen LogP contribution >= 0.6 is 0 Å². The molecule has 0 radical (unpaired) electrons. The molecule has 112 valence electrons. The fourth-order valence-electron chi connectivity index (χ4n) is 1.91. The standard InChI is InChI=1S/C15H19FN4O/c1-4-9(2)19-15(21)10(3)20-14-11-6-5-7-12(16)13(11)17-8-18-14/h5-10H,4H2,1-3H3,(H,19,21)(H,17,18,20). The van der Waals surface area contributed by atoms with Crippen LogP contribution in [0, 0.1) is 5.82 Å². The summed E-state index contributed by atoms with van der Waals surface area (Å²) < 4.78 is 13.7. The van der Waals surface area contributed by atoms with Gasteiger partial charge in [0.2, 0.25) is 5.91 Å². The fourth-order valence-corrected chi connectivity index (χ4v) is 1.91. The van der Waals surface area contributed by atoms with Crippen LogP contribution in [0.5, 0.6) is 0 Å². The largest absolute Gasteiger partial charge is 0.358 e. The Morgan fingerprint density at radius 3 is 2.81 bits per heavy atom. The lowest BCUT2D eigenvalue weighted by molar-refractivity contribution is -0.122. The number of carbonyl (C=O) groups is 1. The minimum Gasteiger partial charge on any atom is -0.358 e. The number of nitrogens with zero attached hydrogens (tertiary/aromatic N) is 2. The number of amides is 1. The molecule has 0 spiro atoms. The van der Waals surface area contributed by atoms with E-state index in [1.54, 1.807) is 19.1 Å². The highest BCUT2D eigenvalue weighted by molar-refractivity contribution is 5.92. The van der Waals surface area contributed by atoms with E-state index in [4.69, 9.17) is 0 Å². The van der Waals surface area contributed by atoms with Crippen molar-refractivity contribution in [2.24, 2.45) is 0 Å². The zero-order valence-corrected chi connectivity index (χ0v) is 12.4. The maximum absolute atomic E-state index is 13.7. The lowest BCUT2D eigenvalue weighted by Gasteiger charge is -2.18. The topological polar surface area (TPSA) is 66.9 Å². The fraction of sp³-hybridized carbons (Fsp3) is 0.400. The molecule has 5 nitrogen and oxygen atoms in total. The molecule has 1 heterocycles. The summed E-state index contributed by atoms with van der Waals surface area (Å²) >= 11 is 0. The van der Waals surface area contributed by atoms with Crippen molar-refractivity contribution in [3.8, 4) is 0 Å². The second kappa shape index (κ2) is 6.47. The first-order valence-corrected chi connectivity index (χ1v) is 6.99. The van der Waals surface area contributed by atoms with Crippen LogP contribution in [-0.2, 0) is 4.79 Å². The summed E-state index contributed by atoms with van der Waals surface area (Å²) in [6.07, 6.45) is 2.15. The van der Waals surface area contributed by atoms with E-state index >= 15 is 0 Å². The highest BCUT2D eigenvalue weighted by atomic mass is 19.1. The van der Waals surface area contributed by atoms with Crippen molar-refractivity contribution < 1.29 is 9.18 Å². The second-order valence-electron chi connectivity index (χ2n) is 5.04. The van der Waals surface area contributed by atoms with Crippen molar-refractivity contribution in [2.75, 3.05) is 5.32 Å². The van der Waals surface area contributed by atoms with E-state index in [1.165, 1.54) is 12.4 Å². The van der Waals surface area contributed by atoms with E-state index in [0.717, 1.165) is 6.42 Å². The number of hydrogen-bond acceptors (Lipinski definition) is 4. The van der Waals surface area contributed by atoms with Gasteiger partial charge in [-0.2, -0.15) is 0 Å². The van der Waals surface area contributed by atoms with Crippen LogP contribution in [0.25, 0.3) is 10.9 Å². The Kier molecular flexibility index (Phi) is 4.67. The van der Waals surface area contributed by atoms with Crippen molar-refractivity contribution in [3.63, 3.8) is 0 Å². The maximum Gasteiger partial charge on any atom is 0.242 e. The Morgan fingerprint density at radius 2 is 2.10 bits per heavy atom. The molecule has 1 amide bonds. The van der Waals surface area contributed by atoms with E-state index in [2.05, 4.69) is 20.6 Å². The molecule has 0 aliphatic carbocycles. The average molecular weight is 290 g/mol. The summed E-state index contributed by atoms with van der Waals surface area (Å²) in [6, 6.07) is 4.30. The number of fused-ring (bicyclic) bond motifs is 1. The molecule has 21 heavy (non-hydrogen) atoms. The number of aromatic nitrogens is 2. The van der Waals surface area contributed by atoms with Gasteiger partial charge < -0.3 is 10.6 Å². The third-order valence-corrected chi connectivity index (χ3v) is 3.36. The lowest BCUT2D eigenvalue weighted by Crippen LogP contribution is -2.42. The van der Waals surface area contributed by atoms with Gasteiger partial charge >= 0.3 is 0 Å². The molecule has 2 atom stereocenters. The van der Waals surface area contributed by atoms with Gasteiger partial charge in [-0.3, -0.25) is 4.79 Å². The first kappa shape index (κ1) is 15.2. The number of halogens is 1. The summed E-state index contributed by atoms with van der Waals surface area (Å²) in [5.74, 6) is -0.0755. The number of nitrogens with one attached hydrogen (secondary N) is 2. The van der Waals surface area contributed by atoms with Crippen molar-refractivity contribution in [3.05, 3.63) is 30.3 Å². The molecule has 1 aromatic heterocycles. The highest BCUT2D eigenvalue weighted by Crippen LogP contribution is 2.21. The Morgan fingerprint density at radius 1 is 1.33 bits per heavy atom. The average Bonchev–Trinajstić information content (AvgIpc) is 2.48. The molecule has 2 aromatic rings. The van der Waals surface area contributed by atoms with Gasteiger partial charge in [0, 0.05) is 11.4 Å². The highest BCUT2D eigenvalue weighted by Gasteiger charge is 2.16. The number of anilines is 1. The van der Waals surface area contributed by atoms with Crippen LogP contribution in [0.3, 0.4) is 0 Å². The number of rotatable bonds is 5. The van der Waals surface area contributed by atoms with E-state index in [1.807, 2.05) is 13.8 Å². The summed E-state index contributed by atoms with van der Waals surface area (Å²) in [6.45, 7) is 5.69.